The molecule has 2 aliphatic heterocycles. The van der Waals surface area contributed by atoms with E-state index < -0.39 is 22.7 Å². The molecule has 2 fully saturated rings. The summed E-state index contributed by atoms with van der Waals surface area (Å²) in [5, 5.41) is 1.58. The predicted molar refractivity (Wildman–Crippen MR) is 195 cm³/mol. The molecule has 5 aromatic carbocycles. The molecule has 1 unspecified atom stereocenters. The number of anilines is 1. The van der Waals surface area contributed by atoms with Crippen molar-refractivity contribution in [3.05, 3.63) is 118 Å². The van der Waals surface area contributed by atoms with Gasteiger partial charge in [-0.15, -0.1) is 0 Å². The lowest BCUT2D eigenvalue weighted by molar-refractivity contribution is 0.122. The number of morpholine rings is 1. The second kappa shape index (κ2) is 12.0. The van der Waals surface area contributed by atoms with E-state index in [2.05, 4.69) is 41.3 Å². The van der Waals surface area contributed by atoms with Crippen molar-refractivity contribution in [1.82, 2.24) is 0 Å². The number of ether oxygens (including phenoxy) is 5. The number of hydrogen-bond donors (Lipinski definition) is 0. The molecule has 2 heterocycles. The highest BCUT2D eigenvalue weighted by Gasteiger charge is 2.51. The molecule has 2 aliphatic carbocycles. The minimum Gasteiger partial charge on any atom is -0.497 e. The topological polar surface area (TPSA) is 49.4 Å². The van der Waals surface area contributed by atoms with Gasteiger partial charge in [-0.1, -0.05) is 43.2 Å². The molecule has 1 atom stereocenters. The number of nitrogens with zero attached hydrogens (tertiary/aromatic N) is 1. The van der Waals surface area contributed by atoms with E-state index in [-0.39, 0.29) is 0 Å². The fraction of sp³-hybridized carbons (Fsp3) is 0.302. The number of fused-ring (bicyclic) bond motifs is 10. The Morgan fingerprint density at radius 3 is 2.02 bits per heavy atom. The van der Waals surface area contributed by atoms with Crippen LogP contribution in [-0.4, -0.2) is 47.6 Å². The first-order chi connectivity index (χ1) is 24.9. The maximum absolute atomic E-state index is 16.1. The molecule has 0 N–H and O–H groups in total. The molecule has 8 heteroatoms. The maximum atomic E-state index is 16.1. The van der Waals surface area contributed by atoms with Crippen molar-refractivity contribution >= 4 is 22.5 Å². The molecule has 51 heavy (non-hydrogen) atoms. The largest absolute Gasteiger partial charge is 0.497 e. The van der Waals surface area contributed by atoms with Crippen LogP contribution in [0.1, 0.15) is 53.5 Å². The lowest BCUT2D eigenvalue weighted by Gasteiger charge is -2.39. The number of benzene rings is 5. The molecule has 1 saturated heterocycles. The van der Waals surface area contributed by atoms with E-state index in [1.54, 1.807) is 21.3 Å². The lowest BCUT2D eigenvalue weighted by Crippen LogP contribution is -2.37. The van der Waals surface area contributed by atoms with Crippen molar-refractivity contribution < 1.29 is 32.5 Å². The van der Waals surface area contributed by atoms with Gasteiger partial charge in [-0.3, -0.25) is 0 Å². The summed E-state index contributed by atoms with van der Waals surface area (Å²) in [5.41, 5.74) is 5.27. The van der Waals surface area contributed by atoms with Gasteiger partial charge in [0, 0.05) is 57.9 Å². The number of methoxy groups -OCH3 is 3. The average molecular weight is 688 g/mol. The van der Waals surface area contributed by atoms with Gasteiger partial charge >= 0.3 is 0 Å². The monoisotopic (exact) mass is 687 g/mol. The zero-order chi connectivity index (χ0) is 34.9. The van der Waals surface area contributed by atoms with E-state index >= 15 is 8.78 Å². The van der Waals surface area contributed by atoms with Crippen molar-refractivity contribution in [3.8, 4) is 34.1 Å². The summed E-state index contributed by atoms with van der Waals surface area (Å²) < 4.78 is 61.5. The second-order valence-electron chi connectivity index (χ2n) is 13.9. The Morgan fingerprint density at radius 2 is 1.37 bits per heavy atom. The molecule has 5 aromatic rings. The van der Waals surface area contributed by atoms with E-state index in [9.17, 15) is 0 Å². The molecule has 9 rings (SSSR count). The third kappa shape index (κ3) is 4.68. The number of rotatable bonds is 6. The van der Waals surface area contributed by atoms with E-state index in [0.717, 1.165) is 94.9 Å². The predicted octanol–water partition coefficient (Wildman–Crippen LogP) is 9.17. The zero-order valence-electron chi connectivity index (χ0n) is 29.0. The Kier molecular flexibility index (Phi) is 7.51. The molecular formula is C43H39F2NO5. The Balaban J connectivity index is 1.33. The fourth-order valence-electron chi connectivity index (χ4n) is 9.16. The van der Waals surface area contributed by atoms with Gasteiger partial charge in [-0.25, -0.2) is 8.78 Å². The number of halogens is 2. The Hall–Kier alpha value is -5.08. The molecule has 0 aromatic heterocycles. The summed E-state index contributed by atoms with van der Waals surface area (Å²) in [7, 11) is 4.86. The van der Waals surface area contributed by atoms with E-state index in [4.69, 9.17) is 23.7 Å². The molecule has 0 bridgehead atoms. The molecular weight excluding hydrogens is 648 g/mol. The molecule has 4 aliphatic rings. The summed E-state index contributed by atoms with van der Waals surface area (Å²) in [6, 6.07) is 22.9. The van der Waals surface area contributed by atoms with Crippen molar-refractivity contribution in [2.75, 3.05) is 52.5 Å². The van der Waals surface area contributed by atoms with Gasteiger partial charge in [0.2, 0.25) is 0 Å². The highest BCUT2D eigenvalue weighted by atomic mass is 19.1. The van der Waals surface area contributed by atoms with Crippen LogP contribution < -0.4 is 23.8 Å². The lowest BCUT2D eigenvalue weighted by atomic mass is 9.73. The van der Waals surface area contributed by atoms with E-state index in [1.165, 1.54) is 6.07 Å². The second-order valence-corrected chi connectivity index (χ2v) is 13.9. The standard InChI is InChI=1S/C43H39F2NO5/c1-47-30-12-8-27(9-13-30)43(26-6-10-29(11-7-26)46-18-20-50-21-19-46)17-14-31-40-38(32-24-36(48-2)37(49-3)25-33(32)41(31)51-43)34-22-28(44)23-35(45)39(34)42(40)15-4-5-16-42/h6-14,17,22-25H,4-5,15-16,18-21H2,1-3H3. The third-order valence-corrected chi connectivity index (χ3v) is 11.5. The molecule has 6 nitrogen and oxygen atoms in total. The Labute approximate surface area is 296 Å². The van der Waals surface area contributed by atoms with Gasteiger partial charge in [0.05, 0.1) is 34.5 Å². The minimum atomic E-state index is -1.03. The van der Waals surface area contributed by atoms with Crippen LogP contribution in [0.2, 0.25) is 0 Å². The van der Waals surface area contributed by atoms with E-state index in [1.807, 2.05) is 36.4 Å². The highest BCUT2D eigenvalue weighted by molar-refractivity contribution is 6.09. The van der Waals surface area contributed by atoms with Crippen molar-refractivity contribution in [2.45, 2.75) is 36.7 Å². The fourth-order valence-corrected chi connectivity index (χ4v) is 9.16. The van der Waals surface area contributed by atoms with Crippen LogP contribution in [0.4, 0.5) is 14.5 Å². The first kappa shape index (κ1) is 31.9. The molecule has 0 amide bonds. The Bertz CT molecular complexity index is 2200. The van der Waals surface area contributed by atoms with Crippen LogP contribution in [0.25, 0.3) is 28.0 Å². The van der Waals surface area contributed by atoms with Gasteiger partial charge < -0.3 is 28.6 Å². The maximum Gasteiger partial charge on any atom is 0.178 e. The van der Waals surface area contributed by atoms with Gasteiger partial charge in [-0.2, -0.15) is 0 Å². The van der Waals surface area contributed by atoms with Crippen LogP contribution in [0.3, 0.4) is 0 Å². The summed E-state index contributed by atoms with van der Waals surface area (Å²) in [6.45, 7) is 3.08. The molecule has 0 radical (unpaired) electrons. The quantitative estimate of drug-likeness (QED) is 0.178. The molecule has 1 saturated carbocycles. The molecule has 260 valence electrons. The van der Waals surface area contributed by atoms with Crippen LogP contribution in [0.5, 0.6) is 23.0 Å². The van der Waals surface area contributed by atoms with Crippen molar-refractivity contribution in [1.29, 1.82) is 0 Å². The normalized spacial score (nSPS) is 19.8. The minimum absolute atomic E-state index is 0.501. The smallest absolute Gasteiger partial charge is 0.178 e. The zero-order valence-corrected chi connectivity index (χ0v) is 29.0. The summed E-state index contributed by atoms with van der Waals surface area (Å²) in [4.78, 5) is 2.33. The average Bonchev–Trinajstić information content (AvgIpc) is 3.77. The Morgan fingerprint density at radius 1 is 0.725 bits per heavy atom. The third-order valence-electron chi connectivity index (χ3n) is 11.5. The SMILES string of the molecule is COc1ccc(C2(c3ccc(N4CCOCC4)cc3)C=Cc3c4c(c5cc(OC)c(OC)cc5c3O2)-c2cc(F)cc(F)c2C42CCCC2)cc1. The first-order valence-corrected chi connectivity index (χ1v) is 17.6. The highest BCUT2D eigenvalue weighted by Crippen LogP contribution is 2.64. The summed E-state index contributed by atoms with van der Waals surface area (Å²) >= 11 is 0. The van der Waals surface area contributed by atoms with Crippen LogP contribution in [-0.2, 0) is 15.8 Å². The van der Waals surface area contributed by atoms with Crippen LogP contribution in [0, 0.1) is 11.6 Å². The van der Waals surface area contributed by atoms with Gasteiger partial charge in [0.15, 0.2) is 17.1 Å². The van der Waals surface area contributed by atoms with Crippen molar-refractivity contribution in [2.24, 2.45) is 0 Å². The van der Waals surface area contributed by atoms with E-state index in [0.29, 0.717) is 41.6 Å². The van der Waals surface area contributed by atoms with Crippen molar-refractivity contribution in [3.63, 3.8) is 0 Å². The molecule has 1 spiro atoms. The number of hydrogen-bond acceptors (Lipinski definition) is 6. The summed E-state index contributed by atoms with van der Waals surface area (Å²) in [5.74, 6) is 1.38. The van der Waals surface area contributed by atoms with Gasteiger partial charge in [0.25, 0.3) is 0 Å². The first-order valence-electron chi connectivity index (χ1n) is 17.6. The summed E-state index contributed by atoms with van der Waals surface area (Å²) in [6.07, 6.45) is 7.70. The van der Waals surface area contributed by atoms with Gasteiger partial charge in [0.1, 0.15) is 23.1 Å². The van der Waals surface area contributed by atoms with Crippen LogP contribution in [0.15, 0.2) is 78.9 Å². The van der Waals surface area contributed by atoms with Crippen LogP contribution >= 0.6 is 0 Å². The van der Waals surface area contributed by atoms with Gasteiger partial charge in [-0.05, 0) is 83.5 Å².